The number of aromatic nitrogens is 4. The topological polar surface area (TPSA) is 43.6 Å². The average Bonchev–Trinajstić information content (AvgIpc) is 2.63. The van der Waals surface area contributed by atoms with Crippen LogP contribution in [-0.4, -0.2) is 19.7 Å². The molecule has 0 aromatic carbocycles. The van der Waals surface area contributed by atoms with E-state index in [2.05, 4.69) is 15.1 Å². The predicted molar refractivity (Wildman–Crippen MR) is 46.0 cm³/mol. The molecule has 0 aliphatic rings. The smallest absolute Gasteiger partial charge is 0.137 e. The number of rotatable bonds is 2. The molecule has 0 fully saturated rings. The van der Waals surface area contributed by atoms with Crippen LogP contribution >= 0.6 is 11.3 Å². The SMILES string of the molecule is Cc1csc(Cn2cncn2)n1. The van der Waals surface area contributed by atoms with Gasteiger partial charge in [0.2, 0.25) is 0 Å². The van der Waals surface area contributed by atoms with Gasteiger partial charge in [-0.1, -0.05) is 0 Å². The summed E-state index contributed by atoms with van der Waals surface area (Å²) in [5.74, 6) is 0. The predicted octanol–water partition coefficient (Wildman–Crippen LogP) is 1.09. The fourth-order valence-electron chi connectivity index (χ4n) is 0.928. The third kappa shape index (κ3) is 1.50. The molecule has 0 saturated carbocycles. The molecule has 5 heteroatoms. The van der Waals surface area contributed by atoms with Crippen molar-refractivity contribution in [2.45, 2.75) is 13.5 Å². The maximum atomic E-state index is 4.32. The van der Waals surface area contributed by atoms with Crippen molar-refractivity contribution < 1.29 is 0 Å². The maximum absolute atomic E-state index is 4.32. The monoisotopic (exact) mass is 180 g/mol. The van der Waals surface area contributed by atoms with Crippen molar-refractivity contribution in [3.8, 4) is 0 Å². The summed E-state index contributed by atoms with van der Waals surface area (Å²) in [4.78, 5) is 8.17. The number of aryl methyl sites for hydroxylation is 1. The van der Waals surface area contributed by atoms with Crippen molar-refractivity contribution in [2.24, 2.45) is 0 Å². The van der Waals surface area contributed by atoms with Crippen LogP contribution in [0.1, 0.15) is 10.7 Å². The molecule has 0 bridgehead atoms. The Balaban J connectivity index is 2.14. The van der Waals surface area contributed by atoms with Gasteiger partial charge in [0.1, 0.15) is 17.7 Å². The van der Waals surface area contributed by atoms with Gasteiger partial charge in [0.05, 0.1) is 6.54 Å². The Morgan fingerprint density at radius 3 is 3.08 bits per heavy atom. The molecule has 0 unspecified atom stereocenters. The van der Waals surface area contributed by atoms with Crippen molar-refractivity contribution in [1.82, 2.24) is 19.7 Å². The minimum atomic E-state index is 0.721. The van der Waals surface area contributed by atoms with Gasteiger partial charge in [-0.05, 0) is 6.92 Å². The Hall–Kier alpha value is -1.23. The minimum Gasteiger partial charge on any atom is -0.246 e. The molecule has 2 aromatic rings. The highest BCUT2D eigenvalue weighted by Crippen LogP contribution is 2.09. The van der Waals surface area contributed by atoms with E-state index in [4.69, 9.17) is 0 Å². The van der Waals surface area contributed by atoms with Crippen molar-refractivity contribution >= 4 is 11.3 Å². The largest absolute Gasteiger partial charge is 0.246 e. The highest BCUT2D eigenvalue weighted by molar-refractivity contribution is 7.09. The fourth-order valence-corrected chi connectivity index (χ4v) is 1.69. The second-order valence-electron chi connectivity index (χ2n) is 2.48. The lowest BCUT2D eigenvalue weighted by molar-refractivity contribution is 0.680. The standard InChI is InChI=1S/C7H8N4S/c1-6-3-12-7(10-6)2-11-5-8-4-9-11/h3-5H,2H2,1H3. The van der Waals surface area contributed by atoms with Crippen LogP contribution in [0.25, 0.3) is 0 Å². The van der Waals surface area contributed by atoms with Crippen LogP contribution < -0.4 is 0 Å². The summed E-state index contributed by atoms with van der Waals surface area (Å²) in [6, 6.07) is 0. The van der Waals surface area contributed by atoms with E-state index in [9.17, 15) is 0 Å². The van der Waals surface area contributed by atoms with Gasteiger partial charge >= 0.3 is 0 Å². The zero-order valence-electron chi connectivity index (χ0n) is 6.64. The first-order chi connectivity index (χ1) is 5.84. The third-order valence-corrected chi connectivity index (χ3v) is 2.38. The van der Waals surface area contributed by atoms with E-state index in [0.29, 0.717) is 0 Å². The minimum absolute atomic E-state index is 0.721. The Kier molecular flexibility index (Phi) is 1.87. The molecule has 12 heavy (non-hydrogen) atoms. The molecule has 0 atom stereocenters. The number of nitrogens with zero attached hydrogens (tertiary/aromatic N) is 4. The van der Waals surface area contributed by atoms with Crippen LogP contribution in [-0.2, 0) is 6.54 Å². The van der Waals surface area contributed by atoms with Crippen LogP contribution in [0.2, 0.25) is 0 Å². The van der Waals surface area contributed by atoms with Crippen LogP contribution in [0.15, 0.2) is 18.0 Å². The maximum Gasteiger partial charge on any atom is 0.137 e. The van der Waals surface area contributed by atoms with E-state index in [1.165, 1.54) is 6.33 Å². The zero-order chi connectivity index (χ0) is 8.39. The molecular weight excluding hydrogens is 172 g/mol. The van der Waals surface area contributed by atoms with E-state index in [0.717, 1.165) is 17.2 Å². The van der Waals surface area contributed by atoms with E-state index in [1.54, 1.807) is 22.3 Å². The van der Waals surface area contributed by atoms with Gasteiger partial charge in [0.25, 0.3) is 0 Å². The van der Waals surface area contributed by atoms with Gasteiger partial charge < -0.3 is 0 Å². The van der Waals surface area contributed by atoms with Gasteiger partial charge in [-0.2, -0.15) is 5.10 Å². The summed E-state index contributed by atoms with van der Waals surface area (Å²) >= 11 is 1.65. The molecule has 4 nitrogen and oxygen atoms in total. The van der Waals surface area contributed by atoms with Crippen LogP contribution in [0.3, 0.4) is 0 Å². The lowest BCUT2D eigenvalue weighted by Gasteiger charge is -1.93. The number of hydrogen-bond donors (Lipinski definition) is 0. The van der Waals surface area contributed by atoms with Crippen molar-refractivity contribution in [3.63, 3.8) is 0 Å². The van der Waals surface area contributed by atoms with Crippen molar-refractivity contribution in [3.05, 3.63) is 28.7 Å². The molecule has 2 aromatic heterocycles. The quantitative estimate of drug-likeness (QED) is 0.695. The molecule has 2 rings (SSSR count). The lowest BCUT2D eigenvalue weighted by Crippen LogP contribution is -1.99. The first-order valence-corrected chi connectivity index (χ1v) is 4.46. The summed E-state index contributed by atoms with van der Waals surface area (Å²) in [5, 5.41) is 7.09. The highest BCUT2D eigenvalue weighted by atomic mass is 32.1. The molecule has 2 heterocycles. The Morgan fingerprint density at radius 1 is 1.58 bits per heavy atom. The fraction of sp³-hybridized carbons (Fsp3) is 0.286. The summed E-state index contributed by atoms with van der Waals surface area (Å²) in [5.41, 5.74) is 1.06. The van der Waals surface area contributed by atoms with Crippen LogP contribution in [0, 0.1) is 6.92 Å². The molecule has 0 aliphatic carbocycles. The van der Waals surface area contributed by atoms with Crippen molar-refractivity contribution in [2.75, 3.05) is 0 Å². The summed E-state index contributed by atoms with van der Waals surface area (Å²) in [6.07, 6.45) is 3.22. The molecule has 0 spiro atoms. The van der Waals surface area contributed by atoms with Gasteiger partial charge in [0, 0.05) is 11.1 Å². The summed E-state index contributed by atoms with van der Waals surface area (Å²) in [7, 11) is 0. The molecule has 0 radical (unpaired) electrons. The summed E-state index contributed by atoms with van der Waals surface area (Å²) < 4.78 is 1.76. The molecule has 0 amide bonds. The van der Waals surface area contributed by atoms with E-state index in [1.807, 2.05) is 12.3 Å². The molecule has 0 N–H and O–H groups in total. The van der Waals surface area contributed by atoms with Gasteiger partial charge in [0.15, 0.2) is 0 Å². The van der Waals surface area contributed by atoms with Crippen LogP contribution in [0.5, 0.6) is 0 Å². The van der Waals surface area contributed by atoms with Gasteiger partial charge in [-0.15, -0.1) is 11.3 Å². The third-order valence-electron chi connectivity index (χ3n) is 1.43. The Labute approximate surface area is 73.9 Å². The number of thiazole rings is 1. The first-order valence-electron chi connectivity index (χ1n) is 3.58. The van der Waals surface area contributed by atoms with Gasteiger partial charge in [-0.3, -0.25) is 0 Å². The Bertz CT molecular complexity index is 351. The lowest BCUT2D eigenvalue weighted by atomic mass is 10.6. The highest BCUT2D eigenvalue weighted by Gasteiger charge is 1.99. The molecule has 62 valence electrons. The summed E-state index contributed by atoms with van der Waals surface area (Å²) in [6.45, 7) is 2.71. The van der Waals surface area contributed by atoms with E-state index in [-0.39, 0.29) is 0 Å². The van der Waals surface area contributed by atoms with Crippen LogP contribution in [0.4, 0.5) is 0 Å². The van der Waals surface area contributed by atoms with E-state index < -0.39 is 0 Å². The second kappa shape index (κ2) is 3.02. The number of hydrogen-bond acceptors (Lipinski definition) is 4. The molecule has 0 aliphatic heterocycles. The average molecular weight is 180 g/mol. The van der Waals surface area contributed by atoms with Gasteiger partial charge in [-0.25, -0.2) is 14.6 Å². The second-order valence-corrected chi connectivity index (χ2v) is 3.42. The normalized spacial score (nSPS) is 10.4. The first kappa shape index (κ1) is 7.42. The van der Waals surface area contributed by atoms with Crippen molar-refractivity contribution in [1.29, 1.82) is 0 Å². The zero-order valence-corrected chi connectivity index (χ0v) is 7.45. The van der Waals surface area contributed by atoms with E-state index >= 15 is 0 Å². The molecule has 0 saturated heterocycles. The molecular formula is C7H8N4S. The Morgan fingerprint density at radius 2 is 2.50 bits per heavy atom.